The Morgan fingerprint density at radius 2 is 1.80 bits per heavy atom. The number of hydrogen-bond acceptors (Lipinski definition) is 6. The summed E-state index contributed by atoms with van der Waals surface area (Å²) in [6.45, 7) is 6.11. The Balaban J connectivity index is 1.39. The summed E-state index contributed by atoms with van der Waals surface area (Å²) in [6, 6.07) is 13.3. The summed E-state index contributed by atoms with van der Waals surface area (Å²) in [5.41, 5.74) is 4.12. The van der Waals surface area contributed by atoms with E-state index in [0.29, 0.717) is 65.6 Å². The Morgan fingerprint density at radius 3 is 2.50 bits per heavy atom. The number of aryl methyl sites for hydroxylation is 2. The minimum absolute atomic E-state index is 0.0387. The van der Waals surface area contributed by atoms with Crippen LogP contribution in [0.2, 0.25) is 5.02 Å². The minimum Gasteiger partial charge on any atom is -0.368 e. The van der Waals surface area contributed by atoms with Gasteiger partial charge >= 0.3 is 0 Å². The van der Waals surface area contributed by atoms with Gasteiger partial charge in [-0.05, 0) is 56.2 Å². The molecular formula is C29H29ClFN5O3S. The smallest absolute Gasteiger partial charge is 0.254 e. The maximum absolute atomic E-state index is 14.9. The van der Waals surface area contributed by atoms with Gasteiger partial charge in [0.05, 0.1) is 39.9 Å². The van der Waals surface area contributed by atoms with E-state index in [1.54, 1.807) is 40.8 Å². The fourth-order valence-electron chi connectivity index (χ4n) is 5.76. The summed E-state index contributed by atoms with van der Waals surface area (Å²) in [5, 5.41) is 5.90. The summed E-state index contributed by atoms with van der Waals surface area (Å²) in [7, 11) is -3.19. The van der Waals surface area contributed by atoms with Gasteiger partial charge in [0.2, 0.25) is 0 Å². The fourth-order valence-corrected chi connectivity index (χ4v) is 7.61. The van der Waals surface area contributed by atoms with Crippen LogP contribution in [0, 0.1) is 19.7 Å². The van der Waals surface area contributed by atoms with Gasteiger partial charge in [0.15, 0.2) is 15.5 Å². The topological polar surface area (TPSA) is 88.4 Å². The van der Waals surface area contributed by atoms with Gasteiger partial charge in [-0.25, -0.2) is 22.5 Å². The highest BCUT2D eigenvalue weighted by Gasteiger charge is 2.33. The van der Waals surface area contributed by atoms with E-state index in [1.165, 1.54) is 6.07 Å². The summed E-state index contributed by atoms with van der Waals surface area (Å²) in [6.07, 6.45) is 0.415. The van der Waals surface area contributed by atoms with E-state index >= 15 is 0 Å². The van der Waals surface area contributed by atoms with Crippen LogP contribution in [-0.4, -0.2) is 71.7 Å². The number of amides is 1. The number of aromatic nitrogens is 3. The molecule has 1 atom stereocenters. The van der Waals surface area contributed by atoms with Crippen LogP contribution in [0.15, 0.2) is 48.5 Å². The fraction of sp³-hybridized carbons (Fsp3) is 0.345. The number of sulfone groups is 1. The maximum Gasteiger partial charge on any atom is 0.254 e. The summed E-state index contributed by atoms with van der Waals surface area (Å²) in [4.78, 5) is 22.8. The SMILES string of the molecule is Cc1ccc(Cl)cc1N1CCN(C(=O)c2cc(-c3ccccc3F)nc3c2c(C)nn3C2CCS(=O)(=O)C2)CC1. The van der Waals surface area contributed by atoms with Crippen LogP contribution in [0.25, 0.3) is 22.3 Å². The van der Waals surface area contributed by atoms with Crippen molar-refractivity contribution in [2.75, 3.05) is 42.6 Å². The van der Waals surface area contributed by atoms with Crippen molar-refractivity contribution in [3.63, 3.8) is 0 Å². The molecule has 0 saturated carbocycles. The van der Waals surface area contributed by atoms with Gasteiger partial charge in [-0.3, -0.25) is 4.79 Å². The van der Waals surface area contributed by atoms with E-state index < -0.39 is 21.7 Å². The van der Waals surface area contributed by atoms with Crippen molar-refractivity contribution in [3.8, 4) is 11.3 Å². The van der Waals surface area contributed by atoms with Gasteiger partial charge in [-0.2, -0.15) is 5.10 Å². The van der Waals surface area contributed by atoms with Crippen LogP contribution in [0.5, 0.6) is 0 Å². The highest BCUT2D eigenvalue weighted by atomic mass is 35.5. The van der Waals surface area contributed by atoms with Gasteiger partial charge in [-0.1, -0.05) is 29.8 Å². The third kappa shape index (κ3) is 4.83. The lowest BCUT2D eigenvalue weighted by atomic mass is 10.0. The molecule has 1 amide bonds. The zero-order chi connectivity index (χ0) is 28.2. The molecule has 0 radical (unpaired) electrons. The first-order valence-corrected chi connectivity index (χ1v) is 15.5. The molecule has 2 fully saturated rings. The number of piperazine rings is 1. The first-order chi connectivity index (χ1) is 19.1. The predicted molar refractivity (Wildman–Crippen MR) is 154 cm³/mol. The Hall–Kier alpha value is -3.50. The summed E-state index contributed by atoms with van der Waals surface area (Å²) in [5.74, 6) is -0.602. The second kappa shape index (κ2) is 10.2. The van der Waals surface area contributed by atoms with Gasteiger partial charge < -0.3 is 9.80 Å². The summed E-state index contributed by atoms with van der Waals surface area (Å²) >= 11 is 6.24. The molecule has 0 bridgehead atoms. The Kier molecular flexibility index (Phi) is 6.78. The normalized spacial score (nSPS) is 18.9. The predicted octanol–water partition coefficient (Wildman–Crippen LogP) is 4.83. The van der Waals surface area contributed by atoms with Crippen molar-refractivity contribution in [2.24, 2.45) is 0 Å². The molecule has 0 N–H and O–H groups in total. The average molecular weight is 582 g/mol. The molecule has 40 heavy (non-hydrogen) atoms. The van der Waals surface area contributed by atoms with E-state index in [-0.39, 0.29) is 23.0 Å². The Morgan fingerprint density at radius 1 is 1.05 bits per heavy atom. The molecular weight excluding hydrogens is 553 g/mol. The average Bonchev–Trinajstić information content (AvgIpc) is 3.47. The molecule has 2 saturated heterocycles. The lowest BCUT2D eigenvalue weighted by molar-refractivity contribution is 0.0748. The quantitative estimate of drug-likeness (QED) is 0.343. The summed E-state index contributed by atoms with van der Waals surface area (Å²) < 4.78 is 41.0. The van der Waals surface area contributed by atoms with E-state index in [1.807, 2.05) is 25.1 Å². The van der Waals surface area contributed by atoms with Crippen LogP contribution in [0.4, 0.5) is 10.1 Å². The van der Waals surface area contributed by atoms with E-state index in [2.05, 4.69) is 10.00 Å². The molecule has 208 valence electrons. The maximum atomic E-state index is 14.9. The van der Waals surface area contributed by atoms with Gasteiger partial charge in [0, 0.05) is 42.5 Å². The lowest BCUT2D eigenvalue weighted by Crippen LogP contribution is -2.49. The van der Waals surface area contributed by atoms with Crippen LogP contribution in [0.3, 0.4) is 0 Å². The standard InChI is InChI=1S/C29H29ClFN5O3S/c1-18-7-8-20(30)15-26(18)34-10-12-35(13-11-34)29(37)23-16-25(22-5-3-4-6-24(22)31)32-28-27(23)19(2)33-36(28)21-9-14-40(38,39)17-21/h3-8,15-16,21H,9-14,17H2,1-2H3. The lowest BCUT2D eigenvalue weighted by Gasteiger charge is -2.37. The first kappa shape index (κ1) is 26.7. The Labute approximate surface area is 237 Å². The number of benzene rings is 2. The third-order valence-electron chi connectivity index (χ3n) is 7.85. The van der Waals surface area contributed by atoms with Crippen molar-refractivity contribution < 1.29 is 17.6 Å². The first-order valence-electron chi connectivity index (χ1n) is 13.3. The van der Waals surface area contributed by atoms with E-state index in [4.69, 9.17) is 16.6 Å². The van der Waals surface area contributed by atoms with Crippen molar-refractivity contribution in [2.45, 2.75) is 26.3 Å². The molecule has 4 heterocycles. The van der Waals surface area contributed by atoms with Crippen molar-refractivity contribution in [1.29, 1.82) is 0 Å². The third-order valence-corrected chi connectivity index (χ3v) is 9.84. The van der Waals surface area contributed by atoms with Crippen LogP contribution in [-0.2, 0) is 9.84 Å². The van der Waals surface area contributed by atoms with Gasteiger partial charge in [0.25, 0.3) is 5.91 Å². The van der Waals surface area contributed by atoms with Crippen LogP contribution >= 0.6 is 11.6 Å². The number of fused-ring (bicyclic) bond motifs is 1. The van der Waals surface area contributed by atoms with E-state index in [0.717, 1.165) is 11.3 Å². The number of anilines is 1. The number of rotatable bonds is 4. The molecule has 2 aromatic heterocycles. The number of pyridine rings is 1. The van der Waals surface area contributed by atoms with Crippen molar-refractivity contribution in [3.05, 3.63) is 76.2 Å². The molecule has 0 spiro atoms. The van der Waals surface area contributed by atoms with E-state index in [9.17, 15) is 17.6 Å². The van der Waals surface area contributed by atoms with Gasteiger partial charge in [-0.15, -0.1) is 0 Å². The second-order valence-corrected chi connectivity index (χ2v) is 13.2. The van der Waals surface area contributed by atoms with Crippen LogP contribution in [0.1, 0.15) is 34.1 Å². The molecule has 1 unspecified atom stereocenters. The number of nitrogens with zero attached hydrogens (tertiary/aromatic N) is 5. The zero-order valence-corrected chi connectivity index (χ0v) is 23.8. The van der Waals surface area contributed by atoms with Crippen molar-refractivity contribution in [1.82, 2.24) is 19.7 Å². The minimum atomic E-state index is -3.19. The molecule has 2 aliphatic heterocycles. The molecule has 2 aliphatic rings. The Bertz CT molecular complexity index is 1750. The number of carbonyl (C=O) groups is 1. The molecule has 8 nitrogen and oxygen atoms in total. The zero-order valence-electron chi connectivity index (χ0n) is 22.3. The van der Waals surface area contributed by atoms with Crippen LogP contribution < -0.4 is 4.90 Å². The molecule has 6 rings (SSSR count). The number of hydrogen-bond donors (Lipinski definition) is 0. The number of halogens is 2. The highest BCUT2D eigenvalue weighted by Crippen LogP contribution is 2.34. The highest BCUT2D eigenvalue weighted by molar-refractivity contribution is 7.91. The monoisotopic (exact) mass is 581 g/mol. The molecule has 0 aliphatic carbocycles. The second-order valence-electron chi connectivity index (χ2n) is 10.5. The largest absolute Gasteiger partial charge is 0.368 e. The van der Waals surface area contributed by atoms with Crippen molar-refractivity contribution >= 4 is 44.1 Å². The van der Waals surface area contributed by atoms with Gasteiger partial charge in [0.1, 0.15) is 5.82 Å². The molecule has 11 heteroatoms. The number of carbonyl (C=O) groups excluding carboxylic acids is 1. The molecule has 4 aromatic rings. The molecule has 2 aromatic carbocycles.